The summed E-state index contributed by atoms with van der Waals surface area (Å²) >= 11 is 6.04. The van der Waals surface area contributed by atoms with E-state index in [1.54, 1.807) is 19.1 Å². The largest absolute Gasteiger partial charge is 0.388 e. The summed E-state index contributed by atoms with van der Waals surface area (Å²) < 4.78 is 13.5. The maximum absolute atomic E-state index is 13.5. The molecule has 0 spiro atoms. The average molecular weight is 253 g/mol. The van der Waals surface area contributed by atoms with Crippen LogP contribution in [0.2, 0.25) is 5.02 Å². The van der Waals surface area contributed by atoms with Crippen LogP contribution in [-0.4, -0.2) is 15.1 Å². The van der Waals surface area contributed by atoms with Gasteiger partial charge in [-0.3, -0.25) is 0 Å². The van der Waals surface area contributed by atoms with Crippen molar-refractivity contribution < 1.29 is 9.50 Å². The van der Waals surface area contributed by atoms with Gasteiger partial charge in [0.05, 0.1) is 10.7 Å². The van der Waals surface area contributed by atoms with Crippen molar-refractivity contribution in [3.05, 3.63) is 46.6 Å². The van der Waals surface area contributed by atoms with E-state index < -0.39 is 0 Å². The fourth-order valence-corrected chi connectivity index (χ4v) is 1.78. The minimum atomic E-state index is -0.339. The number of aromatic nitrogens is 2. The predicted molar refractivity (Wildman–Crippen MR) is 63.1 cm³/mol. The molecule has 0 atom stereocenters. The fourth-order valence-electron chi connectivity index (χ4n) is 1.47. The van der Waals surface area contributed by atoms with Crippen LogP contribution in [0.25, 0.3) is 11.3 Å². The second kappa shape index (κ2) is 4.77. The molecule has 0 aliphatic heterocycles. The number of benzene rings is 1. The SMILES string of the molecule is Cc1cc(Cl)c(-c2ccnc(CO)n2)cc1F. The highest BCUT2D eigenvalue weighted by Gasteiger charge is 2.09. The molecule has 0 aliphatic rings. The Morgan fingerprint density at radius 2 is 2.18 bits per heavy atom. The maximum Gasteiger partial charge on any atom is 0.154 e. The van der Waals surface area contributed by atoms with Crippen molar-refractivity contribution in [2.45, 2.75) is 13.5 Å². The zero-order chi connectivity index (χ0) is 12.4. The Labute approximate surface area is 103 Å². The molecule has 17 heavy (non-hydrogen) atoms. The molecule has 0 radical (unpaired) electrons. The van der Waals surface area contributed by atoms with Gasteiger partial charge in [0.15, 0.2) is 5.82 Å². The summed E-state index contributed by atoms with van der Waals surface area (Å²) in [6, 6.07) is 4.50. The van der Waals surface area contributed by atoms with Crippen molar-refractivity contribution in [2.75, 3.05) is 0 Å². The summed E-state index contributed by atoms with van der Waals surface area (Å²) in [4.78, 5) is 7.94. The molecule has 0 aliphatic carbocycles. The molecular formula is C12H10ClFN2O. The van der Waals surface area contributed by atoms with E-state index in [1.807, 2.05) is 0 Å². The van der Waals surface area contributed by atoms with Crippen LogP contribution < -0.4 is 0 Å². The summed E-state index contributed by atoms with van der Waals surface area (Å²) in [5, 5.41) is 9.37. The van der Waals surface area contributed by atoms with Crippen molar-refractivity contribution in [1.29, 1.82) is 0 Å². The first-order valence-electron chi connectivity index (χ1n) is 5.00. The standard InChI is InChI=1S/C12H10ClFN2O/c1-7-4-9(13)8(5-10(7)14)11-2-3-15-12(6-17)16-11/h2-5,17H,6H2,1H3. The lowest BCUT2D eigenvalue weighted by molar-refractivity contribution is 0.271. The minimum absolute atomic E-state index is 0.264. The van der Waals surface area contributed by atoms with Crippen molar-refractivity contribution in [3.8, 4) is 11.3 Å². The van der Waals surface area contributed by atoms with Crippen LogP contribution >= 0.6 is 11.6 Å². The number of aliphatic hydroxyl groups is 1. The van der Waals surface area contributed by atoms with E-state index in [0.29, 0.717) is 21.8 Å². The van der Waals surface area contributed by atoms with E-state index >= 15 is 0 Å². The van der Waals surface area contributed by atoms with Gasteiger partial charge in [-0.15, -0.1) is 0 Å². The van der Waals surface area contributed by atoms with Crippen LogP contribution in [0.15, 0.2) is 24.4 Å². The quantitative estimate of drug-likeness (QED) is 0.894. The van der Waals surface area contributed by atoms with Gasteiger partial charge in [-0.2, -0.15) is 0 Å². The normalized spacial score (nSPS) is 10.6. The number of aliphatic hydroxyl groups excluding tert-OH is 1. The van der Waals surface area contributed by atoms with E-state index in [9.17, 15) is 4.39 Å². The average Bonchev–Trinajstić information content (AvgIpc) is 2.34. The zero-order valence-electron chi connectivity index (χ0n) is 9.11. The van der Waals surface area contributed by atoms with E-state index in [4.69, 9.17) is 16.7 Å². The molecule has 2 aromatic rings. The lowest BCUT2D eigenvalue weighted by Gasteiger charge is -2.06. The Morgan fingerprint density at radius 1 is 1.41 bits per heavy atom. The molecule has 0 unspecified atom stereocenters. The third-order valence-corrected chi connectivity index (χ3v) is 2.68. The number of hydrogen-bond acceptors (Lipinski definition) is 3. The fraction of sp³-hybridized carbons (Fsp3) is 0.167. The summed E-state index contributed by atoms with van der Waals surface area (Å²) in [5.41, 5.74) is 1.47. The second-order valence-electron chi connectivity index (χ2n) is 3.60. The molecule has 1 heterocycles. The van der Waals surface area contributed by atoms with Gasteiger partial charge < -0.3 is 5.11 Å². The number of nitrogens with zero attached hydrogens (tertiary/aromatic N) is 2. The molecule has 2 rings (SSSR count). The van der Waals surface area contributed by atoms with Crippen LogP contribution in [0, 0.1) is 12.7 Å². The molecule has 88 valence electrons. The van der Waals surface area contributed by atoms with Crippen molar-refractivity contribution in [2.24, 2.45) is 0 Å². The molecule has 0 fully saturated rings. The molecule has 0 amide bonds. The van der Waals surface area contributed by atoms with E-state index in [2.05, 4.69) is 9.97 Å². The van der Waals surface area contributed by atoms with Gasteiger partial charge in [0.2, 0.25) is 0 Å². The Bertz CT molecular complexity index is 560. The second-order valence-corrected chi connectivity index (χ2v) is 4.00. The Balaban J connectivity index is 2.56. The van der Waals surface area contributed by atoms with Gasteiger partial charge in [0.1, 0.15) is 12.4 Å². The van der Waals surface area contributed by atoms with Crippen LogP contribution in [-0.2, 0) is 6.61 Å². The van der Waals surface area contributed by atoms with E-state index in [0.717, 1.165) is 0 Å². The molecule has 0 saturated heterocycles. The van der Waals surface area contributed by atoms with Gasteiger partial charge in [0.25, 0.3) is 0 Å². The van der Waals surface area contributed by atoms with Gasteiger partial charge in [-0.1, -0.05) is 11.6 Å². The van der Waals surface area contributed by atoms with Crippen molar-refractivity contribution in [3.63, 3.8) is 0 Å². The number of hydrogen-bond donors (Lipinski definition) is 1. The minimum Gasteiger partial charge on any atom is -0.388 e. The van der Waals surface area contributed by atoms with Crippen LogP contribution in [0.4, 0.5) is 4.39 Å². The molecule has 3 nitrogen and oxygen atoms in total. The molecule has 1 aromatic heterocycles. The molecule has 5 heteroatoms. The highest BCUT2D eigenvalue weighted by atomic mass is 35.5. The highest BCUT2D eigenvalue weighted by molar-refractivity contribution is 6.33. The van der Waals surface area contributed by atoms with Gasteiger partial charge in [-0.05, 0) is 30.7 Å². The summed E-state index contributed by atoms with van der Waals surface area (Å²) in [6.07, 6.45) is 1.50. The predicted octanol–water partition coefficient (Wildman–Crippen LogP) is 2.74. The van der Waals surface area contributed by atoms with Gasteiger partial charge in [-0.25, -0.2) is 14.4 Å². The van der Waals surface area contributed by atoms with E-state index in [-0.39, 0.29) is 18.2 Å². The smallest absolute Gasteiger partial charge is 0.154 e. The number of aryl methyl sites for hydroxylation is 1. The highest BCUT2D eigenvalue weighted by Crippen LogP contribution is 2.28. The molecular weight excluding hydrogens is 243 g/mol. The first-order chi connectivity index (χ1) is 8.11. The monoisotopic (exact) mass is 252 g/mol. The first-order valence-corrected chi connectivity index (χ1v) is 5.38. The number of halogens is 2. The topological polar surface area (TPSA) is 46.0 Å². The van der Waals surface area contributed by atoms with Crippen molar-refractivity contribution in [1.82, 2.24) is 9.97 Å². The van der Waals surface area contributed by atoms with Crippen LogP contribution in [0.1, 0.15) is 11.4 Å². The summed E-state index contributed by atoms with van der Waals surface area (Å²) in [5.74, 6) is -0.0619. The molecule has 0 bridgehead atoms. The van der Waals surface area contributed by atoms with Crippen LogP contribution in [0.3, 0.4) is 0 Å². The maximum atomic E-state index is 13.5. The third-order valence-electron chi connectivity index (χ3n) is 2.37. The van der Waals surface area contributed by atoms with E-state index in [1.165, 1.54) is 12.3 Å². The molecule has 1 N–H and O–H groups in total. The van der Waals surface area contributed by atoms with Gasteiger partial charge >= 0.3 is 0 Å². The van der Waals surface area contributed by atoms with Gasteiger partial charge in [0, 0.05) is 11.8 Å². The lowest BCUT2D eigenvalue weighted by Crippen LogP contribution is -1.96. The summed E-state index contributed by atoms with van der Waals surface area (Å²) in [7, 11) is 0. The Hall–Kier alpha value is -1.52. The molecule has 1 aromatic carbocycles. The van der Waals surface area contributed by atoms with Crippen LogP contribution in [0.5, 0.6) is 0 Å². The molecule has 0 saturated carbocycles. The summed E-state index contributed by atoms with van der Waals surface area (Å²) in [6.45, 7) is 1.38. The Kier molecular flexibility index (Phi) is 3.36. The zero-order valence-corrected chi connectivity index (χ0v) is 9.87. The first kappa shape index (κ1) is 12.0. The van der Waals surface area contributed by atoms with Crippen molar-refractivity contribution >= 4 is 11.6 Å². The third kappa shape index (κ3) is 2.43. The lowest BCUT2D eigenvalue weighted by atomic mass is 10.1. The number of rotatable bonds is 2. The Morgan fingerprint density at radius 3 is 2.88 bits per heavy atom.